The van der Waals surface area contributed by atoms with E-state index in [4.69, 9.17) is 5.11 Å². The minimum atomic E-state index is 0.336. The molecule has 100 valence electrons. The van der Waals surface area contributed by atoms with Crippen LogP contribution < -0.4 is 0 Å². The Kier molecular flexibility index (Phi) is 5.21. The summed E-state index contributed by atoms with van der Waals surface area (Å²) in [7, 11) is 0. The summed E-state index contributed by atoms with van der Waals surface area (Å²) in [6, 6.07) is 9.59. The molecule has 1 saturated heterocycles. The average molecular weight is 247 g/mol. The molecule has 0 spiro atoms. The summed E-state index contributed by atoms with van der Waals surface area (Å²) in [5, 5.41) is 8.93. The largest absolute Gasteiger partial charge is 0.396 e. The molecule has 1 aliphatic rings. The van der Waals surface area contributed by atoms with E-state index >= 15 is 0 Å². The van der Waals surface area contributed by atoms with Crippen LogP contribution in [0.15, 0.2) is 24.3 Å². The van der Waals surface area contributed by atoms with Crippen molar-refractivity contribution < 1.29 is 5.11 Å². The number of hydrogen-bond donors (Lipinski definition) is 1. The molecule has 1 aromatic carbocycles. The van der Waals surface area contributed by atoms with Gasteiger partial charge in [-0.05, 0) is 51.1 Å². The predicted molar refractivity (Wildman–Crippen MR) is 75.8 cm³/mol. The summed E-state index contributed by atoms with van der Waals surface area (Å²) in [4.78, 5) is 2.61. The zero-order chi connectivity index (χ0) is 12.8. The highest BCUT2D eigenvalue weighted by Gasteiger charge is 2.23. The van der Waals surface area contributed by atoms with Crippen molar-refractivity contribution in [2.45, 2.75) is 45.1 Å². The number of nitrogens with zero attached hydrogens (tertiary/aromatic N) is 1. The molecule has 0 bridgehead atoms. The van der Waals surface area contributed by atoms with Gasteiger partial charge in [0.05, 0.1) is 0 Å². The monoisotopic (exact) mass is 247 g/mol. The van der Waals surface area contributed by atoms with Crippen LogP contribution in [-0.4, -0.2) is 35.7 Å². The lowest BCUT2D eigenvalue weighted by atomic mass is 10.1. The quantitative estimate of drug-likeness (QED) is 0.835. The third-order valence-corrected chi connectivity index (χ3v) is 4.00. The van der Waals surface area contributed by atoms with Crippen molar-refractivity contribution in [3.63, 3.8) is 0 Å². The fourth-order valence-corrected chi connectivity index (χ4v) is 2.87. The van der Waals surface area contributed by atoms with Crippen molar-refractivity contribution in [3.8, 4) is 0 Å². The van der Waals surface area contributed by atoms with Crippen LogP contribution in [0.4, 0.5) is 0 Å². The zero-order valence-corrected chi connectivity index (χ0v) is 11.4. The first-order valence-corrected chi connectivity index (χ1v) is 7.20. The second-order valence-corrected chi connectivity index (χ2v) is 5.43. The van der Waals surface area contributed by atoms with Crippen molar-refractivity contribution in [2.75, 3.05) is 19.7 Å². The Bertz CT molecular complexity index is 347. The van der Waals surface area contributed by atoms with Crippen LogP contribution in [0.5, 0.6) is 0 Å². The molecule has 0 aromatic heterocycles. The van der Waals surface area contributed by atoms with E-state index in [1.54, 1.807) is 0 Å². The Hall–Kier alpha value is -0.860. The lowest BCUT2D eigenvalue weighted by molar-refractivity contribution is 0.218. The van der Waals surface area contributed by atoms with Crippen LogP contribution in [0.25, 0.3) is 0 Å². The van der Waals surface area contributed by atoms with Gasteiger partial charge < -0.3 is 10.0 Å². The smallest absolute Gasteiger partial charge is 0.0431 e. The van der Waals surface area contributed by atoms with Gasteiger partial charge in [0, 0.05) is 19.2 Å². The van der Waals surface area contributed by atoms with Crippen LogP contribution in [0.1, 0.15) is 36.8 Å². The lowest BCUT2D eigenvalue weighted by Crippen LogP contribution is -2.31. The fourth-order valence-electron chi connectivity index (χ4n) is 2.87. The predicted octanol–water partition coefficient (Wildman–Crippen LogP) is 2.77. The van der Waals surface area contributed by atoms with Crippen molar-refractivity contribution in [3.05, 3.63) is 35.4 Å². The Morgan fingerprint density at radius 3 is 2.78 bits per heavy atom. The van der Waals surface area contributed by atoms with Crippen molar-refractivity contribution in [1.29, 1.82) is 0 Å². The first-order chi connectivity index (χ1) is 8.79. The molecule has 18 heavy (non-hydrogen) atoms. The second-order valence-electron chi connectivity index (χ2n) is 5.43. The fraction of sp³-hybridized carbons (Fsp3) is 0.625. The molecule has 1 fully saturated rings. The molecule has 2 nitrogen and oxygen atoms in total. The molecule has 1 aliphatic heterocycles. The van der Waals surface area contributed by atoms with Crippen molar-refractivity contribution in [2.24, 2.45) is 0 Å². The van der Waals surface area contributed by atoms with E-state index in [1.165, 1.54) is 37.1 Å². The number of rotatable bonds is 6. The van der Waals surface area contributed by atoms with Crippen LogP contribution >= 0.6 is 0 Å². The molecule has 1 atom stereocenters. The van der Waals surface area contributed by atoms with Crippen LogP contribution in [0.3, 0.4) is 0 Å². The number of likely N-dealkylation sites (tertiary alicyclic amines) is 1. The van der Waals surface area contributed by atoms with E-state index in [2.05, 4.69) is 36.1 Å². The van der Waals surface area contributed by atoms with Gasteiger partial charge in [0.25, 0.3) is 0 Å². The van der Waals surface area contributed by atoms with Crippen LogP contribution in [0.2, 0.25) is 0 Å². The molecule has 0 amide bonds. The summed E-state index contributed by atoms with van der Waals surface area (Å²) in [5.74, 6) is 0. The number of aliphatic hydroxyl groups excluding tert-OH is 1. The lowest BCUT2D eigenvalue weighted by Gasteiger charge is -2.24. The highest BCUT2D eigenvalue weighted by molar-refractivity contribution is 5.21. The van der Waals surface area contributed by atoms with E-state index in [0.29, 0.717) is 12.6 Å². The maximum Gasteiger partial charge on any atom is 0.0431 e. The van der Waals surface area contributed by atoms with Gasteiger partial charge in [0.15, 0.2) is 0 Å². The number of aryl methyl sites for hydroxylation is 1. The topological polar surface area (TPSA) is 23.5 Å². The second kappa shape index (κ2) is 6.91. The van der Waals surface area contributed by atoms with E-state index in [-0.39, 0.29) is 0 Å². The van der Waals surface area contributed by atoms with Gasteiger partial charge in [-0.2, -0.15) is 0 Å². The van der Waals surface area contributed by atoms with E-state index in [0.717, 1.165) is 19.3 Å². The highest BCUT2D eigenvalue weighted by atomic mass is 16.2. The third kappa shape index (κ3) is 3.82. The van der Waals surface area contributed by atoms with Gasteiger partial charge >= 0.3 is 0 Å². The molecule has 1 heterocycles. The van der Waals surface area contributed by atoms with Gasteiger partial charge in [0.2, 0.25) is 0 Å². The van der Waals surface area contributed by atoms with Crippen LogP contribution in [-0.2, 0) is 6.42 Å². The van der Waals surface area contributed by atoms with Gasteiger partial charge in [-0.15, -0.1) is 0 Å². The SMILES string of the molecule is Cc1ccc(CCN2CCCC2CCCO)cc1. The molecule has 0 aliphatic carbocycles. The Morgan fingerprint density at radius 2 is 2.06 bits per heavy atom. The minimum Gasteiger partial charge on any atom is -0.396 e. The normalized spacial score (nSPS) is 20.4. The summed E-state index contributed by atoms with van der Waals surface area (Å²) in [5.41, 5.74) is 2.77. The molecule has 1 unspecified atom stereocenters. The van der Waals surface area contributed by atoms with Crippen LogP contribution in [0, 0.1) is 6.92 Å². The van der Waals surface area contributed by atoms with Gasteiger partial charge in [-0.3, -0.25) is 0 Å². The number of hydrogen-bond acceptors (Lipinski definition) is 2. The minimum absolute atomic E-state index is 0.336. The number of aliphatic hydroxyl groups is 1. The van der Waals surface area contributed by atoms with Crippen molar-refractivity contribution in [1.82, 2.24) is 4.90 Å². The molecular weight excluding hydrogens is 222 g/mol. The summed E-state index contributed by atoms with van der Waals surface area (Å²) in [6.07, 6.45) is 5.89. The summed E-state index contributed by atoms with van der Waals surface area (Å²) in [6.45, 7) is 4.87. The Morgan fingerprint density at radius 1 is 1.28 bits per heavy atom. The van der Waals surface area contributed by atoms with Gasteiger partial charge in [0.1, 0.15) is 0 Å². The van der Waals surface area contributed by atoms with Gasteiger partial charge in [-0.25, -0.2) is 0 Å². The number of benzene rings is 1. The summed E-state index contributed by atoms with van der Waals surface area (Å²) >= 11 is 0. The van der Waals surface area contributed by atoms with E-state index < -0.39 is 0 Å². The molecule has 2 heteroatoms. The molecule has 0 radical (unpaired) electrons. The van der Waals surface area contributed by atoms with E-state index in [1.807, 2.05) is 0 Å². The molecular formula is C16H25NO. The zero-order valence-electron chi connectivity index (χ0n) is 11.4. The molecule has 1 aromatic rings. The highest BCUT2D eigenvalue weighted by Crippen LogP contribution is 2.21. The maximum absolute atomic E-state index is 8.93. The maximum atomic E-state index is 8.93. The first kappa shape index (κ1) is 13.6. The Balaban J connectivity index is 1.79. The standard InChI is InChI=1S/C16H25NO/c1-14-6-8-15(9-7-14)10-12-17-11-2-4-16(17)5-3-13-18/h6-9,16,18H,2-5,10-13H2,1H3. The third-order valence-electron chi connectivity index (χ3n) is 4.00. The molecule has 1 N–H and O–H groups in total. The molecule has 2 rings (SSSR count). The average Bonchev–Trinajstić information content (AvgIpc) is 2.83. The van der Waals surface area contributed by atoms with Gasteiger partial charge in [-0.1, -0.05) is 29.8 Å². The Labute approximate surface area is 111 Å². The van der Waals surface area contributed by atoms with E-state index in [9.17, 15) is 0 Å². The molecule has 0 saturated carbocycles. The summed E-state index contributed by atoms with van der Waals surface area (Å²) < 4.78 is 0. The first-order valence-electron chi connectivity index (χ1n) is 7.20. The van der Waals surface area contributed by atoms with Crippen molar-refractivity contribution >= 4 is 0 Å².